The van der Waals surface area contributed by atoms with Crippen LogP contribution in [0.1, 0.15) is 37.8 Å². The van der Waals surface area contributed by atoms with Crippen molar-refractivity contribution in [3.8, 4) is 0 Å². The first-order chi connectivity index (χ1) is 8.72. The van der Waals surface area contributed by atoms with Crippen LogP contribution in [0.25, 0.3) is 0 Å². The van der Waals surface area contributed by atoms with Crippen LogP contribution in [0.15, 0.2) is 5.38 Å². The normalized spacial score (nSPS) is 19.2. The zero-order valence-corrected chi connectivity index (χ0v) is 11.1. The molecule has 98 valence electrons. The Hall–Kier alpha value is -1.10. The molecule has 18 heavy (non-hydrogen) atoms. The summed E-state index contributed by atoms with van der Waals surface area (Å²) in [6.07, 6.45) is 6.11. The first kappa shape index (κ1) is 12.0. The van der Waals surface area contributed by atoms with Gasteiger partial charge in [0.05, 0.1) is 12.1 Å². The Morgan fingerprint density at radius 2 is 2.11 bits per heavy atom. The van der Waals surface area contributed by atoms with Crippen LogP contribution in [0.2, 0.25) is 0 Å². The second kappa shape index (κ2) is 4.88. The molecule has 0 atom stereocenters. The largest absolute Gasteiger partial charge is 0.481 e. The summed E-state index contributed by atoms with van der Waals surface area (Å²) in [5.41, 5.74) is 0.898. The average Bonchev–Trinajstić information content (AvgIpc) is 3.23. The molecule has 1 aromatic rings. The molecule has 2 aliphatic carbocycles. The molecule has 4 nitrogen and oxygen atoms in total. The van der Waals surface area contributed by atoms with Crippen molar-refractivity contribution in [3.63, 3.8) is 0 Å². The maximum Gasteiger partial charge on any atom is 0.303 e. The monoisotopic (exact) mass is 266 g/mol. The molecule has 0 amide bonds. The Balaban J connectivity index is 1.56. The number of thiazole rings is 1. The Labute approximate surface area is 110 Å². The molecule has 2 saturated carbocycles. The number of carboxylic acids is 1. The first-order valence-corrected chi connectivity index (χ1v) is 7.53. The van der Waals surface area contributed by atoms with E-state index in [-0.39, 0.29) is 6.42 Å². The summed E-state index contributed by atoms with van der Waals surface area (Å²) in [5.74, 6) is 0.944. The quantitative estimate of drug-likeness (QED) is 0.796. The summed E-state index contributed by atoms with van der Waals surface area (Å²) in [6, 6.07) is 0.614. The molecule has 0 unspecified atom stereocenters. The number of aliphatic carboxylic acids is 1. The Bertz CT molecular complexity index is 426. The van der Waals surface area contributed by atoms with E-state index in [0.717, 1.165) is 22.7 Å². The molecule has 5 heteroatoms. The molecule has 0 aromatic carbocycles. The molecule has 0 aliphatic heterocycles. The van der Waals surface area contributed by atoms with Gasteiger partial charge in [0.15, 0.2) is 5.13 Å². The zero-order chi connectivity index (χ0) is 12.5. The zero-order valence-electron chi connectivity index (χ0n) is 10.3. The standard InChI is InChI=1S/C13H18N2O2S/c16-11(17)6-5-10-7-18-13(14-10)15-12(8-1-2-8)9-3-4-9/h7-9,12H,1-6H2,(H,14,15)(H,16,17). The summed E-state index contributed by atoms with van der Waals surface area (Å²) in [4.78, 5) is 15.0. The smallest absolute Gasteiger partial charge is 0.303 e. The number of rotatable bonds is 7. The maximum atomic E-state index is 10.5. The van der Waals surface area contributed by atoms with Gasteiger partial charge >= 0.3 is 5.97 Å². The summed E-state index contributed by atoms with van der Waals surface area (Å²) >= 11 is 1.60. The third-order valence-corrected chi connectivity index (χ3v) is 4.52. The summed E-state index contributed by atoms with van der Waals surface area (Å²) in [7, 11) is 0. The highest BCUT2D eigenvalue weighted by Gasteiger charge is 2.41. The van der Waals surface area contributed by atoms with E-state index in [1.165, 1.54) is 25.7 Å². The van der Waals surface area contributed by atoms with Crippen LogP contribution in [0, 0.1) is 11.8 Å². The number of hydrogen-bond donors (Lipinski definition) is 2. The van der Waals surface area contributed by atoms with E-state index in [0.29, 0.717) is 12.5 Å². The molecule has 2 N–H and O–H groups in total. The minimum Gasteiger partial charge on any atom is -0.481 e. The number of nitrogens with one attached hydrogen (secondary N) is 1. The van der Waals surface area contributed by atoms with Crippen LogP contribution in [-0.4, -0.2) is 22.1 Å². The lowest BCUT2D eigenvalue weighted by atomic mass is 10.1. The van der Waals surface area contributed by atoms with Crippen LogP contribution in [-0.2, 0) is 11.2 Å². The van der Waals surface area contributed by atoms with Crippen LogP contribution >= 0.6 is 11.3 Å². The van der Waals surface area contributed by atoms with Gasteiger partial charge in [0, 0.05) is 17.8 Å². The lowest BCUT2D eigenvalue weighted by Gasteiger charge is -2.16. The van der Waals surface area contributed by atoms with Crippen molar-refractivity contribution < 1.29 is 9.90 Å². The molecule has 1 heterocycles. The average molecular weight is 266 g/mol. The molecule has 0 bridgehead atoms. The number of aromatic nitrogens is 1. The molecular weight excluding hydrogens is 248 g/mol. The number of nitrogens with zero attached hydrogens (tertiary/aromatic N) is 1. The summed E-state index contributed by atoms with van der Waals surface area (Å²) in [6.45, 7) is 0. The van der Waals surface area contributed by atoms with Gasteiger partial charge in [-0.15, -0.1) is 11.3 Å². The van der Waals surface area contributed by atoms with Gasteiger partial charge in [0.2, 0.25) is 0 Å². The molecule has 1 aromatic heterocycles. The SMILES string of the molecule is O=C(O)CCc1csc(NC(C2CC2)C2CC2)n1. The number of carboxylic acid groups (broad SMARTS) is 1. The lowest BCUT2D eigenvalue weighted by Crippen LogP contribution is -2.24. The third kappa shape index (κ3) is 3.02. The Morgan fingerprint density at radius 1 is 1.44 bits per heavy atom. The predicted octanol–water partition coefficient (Wildman–Crippen LogP) is 2.76. The van der Waals surface area contributed by atoms with Gasteiger partial charge in [-0.05, 0) is 37.5 Å². The molecule has 0 radical (unpaired) electrons. The number of aryl methyl sites for hydroxylation is 1. The number of carbonyl (C=O) groups is 1. The van der Waals surface area contributed by atoms with Crippen LogP contribution in [0.3, 0.4) is 0 Å². The van der Waals surface area contributed by atoms with E-state index in [1.807, 2.05) is 5.38 Å². The minimum absolute atomic E-state index is 0.165. The van der Waals surface area contributed by atoms with E-state index in [4.69, 9.17) is 5.11 Å². The first-order valence-electron chi connectivity index (χ1n) is 6.65. The summed E-state index contributed by atoms with van der Waals surface area (Å²) < 4.78 is 0. The molecule has 0 spiro atoms. The fraction of sp³-hybridized carbons (Fsp3) is 0.692. The van der Waals surface area contributed by atoms with Gasteiger partial charge in [0.1, 0.15) is 0 Å². The second-order valence-corrected chi connectivity index (χ2v) is 6.24. The van der Waals surface area contributed by atoms with Gasteiger partial charge in [0.25, 0.3) is 0 Å². The van der Waals surface area contributed by atoms with Crippen LogP contribution in [0.4, 0.5) is 5.13 Å². The minimum atomic E-state index is -0.758. The third-order valence-electron chi connectivity index (χ3n) is 3.70. The highest BCUT2D eigenvalue weighted by molar-refractivity contribution is 7.13. The van der Waals surface area contributed by atoms with Crippen molar-refractivity contribution in [1.82, 2.24) is 4.98 Å². The van der Waals surface area contributed by atoms with Gasteiger partial charge in [-0.25, -0.2) is 4.98 Å². The highest BCUT2D eigenvalue weighted by Crippen LogP contribution is 2.46. The van der Waals surface area contributed by atoms with Crippen molar-refractivity contribution >= 4 is 22.4 Å². The molecule has 0 saturated heterocycles. The predicted molar refractivity (Wildman–Crippen MR) is 70.9 cm³/mol. The van der Waals surface area contributed by atoms with Gasteiger partial charge < -0.3 is 10.4 Å². The van der Waals surface area contributed by atoms with E-state index in [2.05, 4.69) is 10.3 Å². The highest BCUT2D eigenvalue weighted by atomic mass is 32.1. The lowest BCUT2D eigenvalue weighted by molar-refractivity contribution is -0.136. The molecule has 3 rings (SSSR count). The Morgan fingerprint density at radius 3 is 2.67 bits per heavy atom. The van der Waals surface area contributed by atoms with E-state index in [1.54, 1.807) is 11.3 Å². The Kier molecular flexibility index (Phi) is 3.24. The van der Waals surface area contributed by atoms with Gasteiger partial charge in [-0.2, -0.15) is 0 Å². The maximum absolute atomic E-state index is 10.5. The van der Waals surface area contributed by atoms with Gasteiger partial charge in [-0.3, -0.25) is 4.79 Å². The fourth-order valence-electron chi connectivity index (χ4n) is 2.40. The van der Waals surface area contributed by atoms with Crippen molar-refractivity contribution in [3.05, 3.63) is 11.1 Å². The fourth-order valence-corrected chi connectivity index (χ4v) is 3.19. The van der Waals surface area contributed by atoms with Crippen LogP contribution < -0.4 is 5.32 Å². The summed E-state index contributed by atoms with van der Waals surface area (Å²) in [5, 5.41) is 15.2. The number of hydrogen-bond acceptors (Lipinski definition) is 4. The van der Waals surface area contributed by atoms with E-state index in [9.17, 15) is 4.79 Å². The van der Waals surface area contributed by atoms with E-state index < -0.39 is 5.97 Å². The second-order valence-electron chi connectivity index (χ2n) is 5.38. The van der Waals surface area contributed by atoms with Gasteiger partial charge in [-0.1, -0.05) is 0 Å². The number of anilines is 1. The van der Waals surface area contributed by atoms with E-state index >= 15 is 0 Å². The van der Waals surface area contributed by atoms with Crippen LogP contribution in [0.5, 0.6) is 0 Å². The molecular formula is C13H18N2O2S. The van der Waals surface area contributed by atoms with Crippen molar-refractivity contribution in [2.45, 2.75) is 44.6 Å². The van der Waals surface area contributed by atoms with Crippen molar-refractivity contribution in [2.24, 2.45) is 11.8 Å². The van der Waals surface area contributed by atoms with Crippen molar-refractivity contribution in [1.29, 1.82) is 0 Å². The molecule has 2 aliphatic rings. The molecule has 2 fully saturated rings. The van der Waals surface area contributed by atoms with Crippen molar-refractivity contribution in [2.75, 3.05) is 5.32 Å². The topological polar surface area (TPSA) is 62.2 Å².